The summed E-state index contributed by atoms with van der Waals surface area (Å²) in [6, 6.07) is 16.2. The highest BCUT2D eigenvalue weighted by molar-refractivity contribution is 7.10. The molecule has 0 saturated heterocycles. The van der Waals surface area contributed by atoms with Gasteiger partial charge in [0.25, 0.3) is 0 Å². The van der Waals surface area contributed by atoms with E-state index in [1.165, 1.54) is 23.5 Å². The normalized spacial score (nSPS) is 13.5. The van der Waals surface area contributed by atoms with Crippen LogP contribution in [0.5, 0.6) is 5.75 Å². The smallest absolute Gasteiger partial charge is 0.406 e. The molecule has 0 spiro atoms. The quantitative estimate of drug-likeness (QED) is 0.191. The summed E-state index contributed by atoms with van der Waals surface area (Å²) in [5.41, 5.74) is 7.46. The molecule has 1 heterocycles. The SMILES string of the molecule is CC.CC.CC(N)=NC(C)(c1cc(-c2cccc(C#N)c2)cs1)C(C=O)c1ccc(OC(F)(F)F)cc1. The fourth-order valence-electron chi connectivity index (χ4n) is 3.58. The van der Waals surface area contributed by atoms with E-state index >= 15 is 0 Å². The number of aliphatic imine (C=N–C) groups is 1. The summed E-state index contributed by atoms with van der Waals surface area (Å²) in [6.45, 7) is 11.4. The van der Waals surface area contributed by atoms with E-state index in [0.29, 0.717) is 17.4 Å². The standard InChI is InChI=1S/C24H20F3N3O2S.2C2H6/c1-15(29)30-23(2,21(13-31)17-6-8-20(9-7-17)32-24(25,26)27)22-11-19(14-33-22)18-5-3-4-16(10-18)12-28;2*1-2/h3-11,13-14,21H,1-2H3,(H2,29,30);2*1-2H3. The number of nitrogens with two attached hydrogens (primary N) is 1. The van der Waals surface area contributed by atoms with Gasteiger partial charge in [0.2, 0.25) is 0 Å². The summed E-state index contributed by atoms with van der Waals surface area (Å²) in [4.78, 5) is 17.5. The van der Waals surface area contributed by atoms with Gasteiger partial charge >= 0.3 is 6.36 Å². The first-order chi connectivity index (χ1) is 17.6. The van der Waals surface area contributed by atoms with Crippen molar-refractivity contribution in [1.29, 1.82) is 5.26 Å². The van der Waals surface area contributed by atoms with Crippen LogP contribution in [0.1, 0.15) is 63.5 Å². The number of hydrogen-bond acceptors (Lipinski definition) is 5. The molecule has 0 amide bonds. The molecule has 0 aliphatic rings. The fourth-order valence-corrected chi connectivity index (χ4v) is 4.64. The number of benzene rings is 2. The lowest BCUT2D eigenvalue weighted by atomic mass is 9.80. The molecule has 3 aromatic rings. The summed E-state index contributed by atoms with van der Waals surface area (Å²) < 4.78 is 41.4. The van der Waals surface area contributed by atoms with Gasteiger partial charge in [-0.1, -0.05) is 52.0 Å². The average molecular weight is 532 g/mol. The molecular formula is C28H32F3N3O2S. The summed E-state index contributed by atoms with van der Waals surface area (Å²) in [7, 11) is 0. The number of nitriles is 1. The van der Waals surface area contributed by atoms with Gasteiger partial charge in [-0.15, -0.1) is 24.5 Å². The van der Waals surface area contributed by atoms with E-state index in [1.54, 1.807) is 32.0 Å². The molecule has 37 heavy (non-hydrogen) atoms. The lowest BCUT2D eigenvalue weighted by molar-refractivity contribution is -0.274. The molecular weight excluding hydrogens is 499 g/mol. The van der Waals surface area contributed by atoms with Crippen molar-refractivity contribution in [3.05, 3.63) is 76.0 Å². The van der Waals surface area contributed by atoms with E-state index in [2.05, 4.69) is 15.8 Å². The predicted octanol–water partition coefficient (Wildman–Crippen LogP) is 7.81. The zero-order chi connectivity index (χ0) is 28.2. The number of halogens is 3. The van der Waals surface area contributed by atoms with Gasteiger partial charge in [-0.3, -0.25) is 4.99 Å². The lowest BCUT2D eigenvalue weighted by Gasteiger charge is -2.31. The molecule has 2 atom stereocenters. The van der Waals surface area contributed by atoms with Gasteiger partial charge < -0.3 is 15.3 Å². The first kappa shape index (κ1) is 31.4. The number of nitrogens with zero attached hydrogens (tertiary/aromatic N) is 2. The van der Waals surface area contributed by atoms with Gasteiger partial charge in [0.1, 0.15) is 17.6 Å². The highest BCUT2D eigenvalue weighted by Crippen LogP contribution is 2.44. The van der Waals surface area contributed by atoms with E-state index < -0.39 is 17.8 Å². The van der Waals surface area contributed by atoms with Crippen LogP contribution in [0, 0.1) is 11.3 Å². The van der Waals surface area contributed by atoms with Crippen LogP contribution >= 0.6 is 11.3 Å². The van der Waals surface area contributed by atoms with Crippen LogP contribution in [-0.4, -0.2) is 18.5 Å². The Balaban J connectivity index is 0.00000163. The van der Waals surface area contributed by atoms with E-state index in [9.17, 15) is 18.0 Å². The Hall–Kier alpha value is -3.64. The fraction of sp³-hybridized carbons (Fsp3) is 0.321. The Morgan fingerprint density at radius 3 is 2.22 bits per heavy atom. The molecule has 0 aliphatic carbocycles. The third-order valence-electron chi connectivity index (χ3n) is 5.05. The summed E-state index contributed by atoms with van der Waals surface area (Å²) in [5.74, 6) is -0.956. The molecule has 0 saturated carbocycles. The number of carbonyl (C=O) groups excluding carboxylic acids is 1. The number of thiophene rings is 1. The van der Waals surface area contributed by atoms with Crippen molar-refractivity contribution in [2.75, 3.05) is 0 Å². The second-order valence-electron chi connectivity index (χ2n) is 7.52. The zero-order valence-electron chi connectivity index (χ0n) is 21.8. The van der Waals surface area contributed by atoms with E-state index in [-0.39, 0.29) is 11.6 Å². The number of amidine groups is 1. The highest BCUT2D eigenvalue weighted by Gasteiger charge is 2.39. The van der Waals surface area contributed by atoms with Gasteiger partial charge in [0.05, 0.1) is 23.4 Å². The Morgan fingerprint density at radius 1 is 1.08 bits per heavy atom. The molecule has 2 aromatic carbocycles. The average Bonchev–Trinajstić information content (AvgIpc) is 3.38. The van der Waals surface area contributed by atoms with Crippen molar-refractivity contribution in [2.45, 2.75) is 59.4 Å². The molecule has 9 heteroatoms. The van der Waals surface area contributed by atoms with Crippen molar-refractivity contribution in [2.24, 2.45) is 10.7 Å². The number of alkyl halides is 3. The minimum Gasteiger partial charge on any atom is -0.406 e. The minimum absolute atomic E-state index is 0.253. The van der Waals surface area contributed by atoms with Crippen molar-refractivity contribution >= 4 is 23.5 Å². The van der Waals surface area contributed by atoms with Crippen molar-refractivity contribution in [3.8, 4) is 22.9 Å². The largest absolute Gasteiger partial charge is 0.573 e. The molecule has 1 aromatic heterocycles. The second kappa shape index (κ2) is 14.2. The number of hydrogen-bond donors (Lipinski definition) is 1. The first-order valence-corrected chi connectivity index (χ1v) is 12.7. The van der Waals surface area contributed by atoms with Crippen molar-refractivity contribution in [3.63, 3.8) is 0 Å². The number of aldehydes is 1. The van der Waals surface area contributed by atoms with Crippen LogP contribution in [0.3, 0.4) is 0 Å². The van der Waals surface area contributed by atoms with Crippen LogP contribution < -0.4 is 10.5 Å². The maximum Gasteiger partial charge on any atom is 0.573 e. The topological polar surface area (TPSA) is 88.5 Å². The second-order valence-corrected chi connectivity index (χ2v) is 8.43. The third-order valence-corrected chi connectivity index (χ3v) is 6.20. The molecule has 0 fully saturated rings. The summed E-state index contributed by atoms with van der Waals surface area (Å²) in [6.07, 6.45) is -4.10. The Bertz CT molecular complexity index is 1210. The number of rotatable bonds is 7. The zero-order valence-corrected chi connectivity index (χ0v) is 22.6. The predicted molar refractivity (Wildman–Crippen MR) is 144 cm³/mol. The van der Waals surface area contributed by atoms with Gasteiger partial charge in [-0.2, -0.15) is 5.26 Å². The maximum atomic E-state index is 12.5. The van der Waals surface area contributed by atoms with E-state index in [1.807, 2.05) is 45.2 Å². The highest BCUT2D eigenvalue weighted by atomic mass is 32.1. The molecule has 0 radical (unpaired) electrons. The summed E-state index contributed by atoms with van der Waals surface area (Å²) in [5, 5.41) is 11.1. The Morgan fingerprint density at radius 2 is 1.70 bits per heavy atom. The van der Waals surface area contributed by atoms with Crippen LogP contribution in [0.25, 0.3) is 11.1 Å². The molecule has 0 bridgehead atoms. The molecule has 0 aliphatic heterocycles. The molecule has 2 unspecified atom stereocenters. The monoisotopic (exact) mass is 531 g/mol. The molecule has 198 valence electrons. The van der Waals surface area contributed by atoms with E-state index in [4.69, 9.17) is 11.0 Å². The Kier molecular flexibility index (Phi) is 12.0. The molecule has 5 nitrogen and oxygen atoms in total. The summed E-state index contributed by atoms with van der Waals surface area (Å²) >= 11 is 1.38. The van der Waals surface area contributed by atoms with E-state index in [0.717, 1.165) is 28.1 Å². The lowest BCUT2D eigenvalue weighted by Crippen LogP contribution is -2.31. The first-order valence-electron chi connectivity index (χ1n) is 11.8. The number of carbonyl (C=O) groups is 1. The molecule has 2 N–H and O–H groups in total. The van der Waals surface area contributed by atoms with Crippen molar-refractivity contribution in [1.82, 2.24) is 0 Å². The van der Waals surface area contributed by atoms with Crippen LogP contribution in [-0.2, 0) is 10.3 Å². The van der Waals surface area contributed by atoms with Gasteiger partial charge in [-0.05, 0) is 66.2 Å². The van der Waals surface area contributed by atoms with Crippen LogP contribution in [0.2, 0.25) is 0 Å². The van der Waals surface area contributed by atoms with Crippen molar-refractivity contribution < 1.29 is 22.7 Å². The maximum absolute atomic E-state index is 12.5. The Labute approximate surface area is 220 Å². The van der Waals surface area contributed by atoms with Gasteiger partial charge in [0, 0.05) is 4.88 Å². The number of ether oxygens (including phenoxy) is 1. The van der Waals surface area contributed by atoms with Crippen LogP contribution in [0.4, 0.5) is 13.2 Å². The molecule has 3 rings (SSSR count). The minimum atomic E-state index is -4.81. The van der Waals surface area contributed by atoms with Crippen LogP contribution in [0.15, 0.2) is 65.0 Å². The van der Waals surface area contributed by atoms with Gasteiger partial charge in [-0.25, -0.2) is 0 Å². The third kappa shape index (κ3) is 8.46. The van der Waals surface area contributed by atoms with Gasteiger partial charge in [0.15, 0.2) is 0 Å².